The van der Waals surface area contributed by atoms with E-state index in [1.165, 1.54) is 7.11 Å². The number of ketones is 1. The Morgan fingerprint density at radius 3 is 2.62 bits per heavy atom. The van der Waals surface area contributed by atoms with Gasteiger partial charge in [0.1, 0.15) is 19.0 Å². The van der Waals surface area contributed by atoms with E-state index in [0.717, 1.165) is 0 Å². The lowest BCUT2D eigenvalue weighted by atomic mass is 10.0. The van der Waals surface area contributed by atoms with Crippen molar-refractivity contribution in [2.75, 3.05) is 26.1 Å². The number of nitrogen functional groups attached to an aromatic ring is 1. The third-order valence-electron chi connectivity index (χ3n) is 3.27. The number of hydrogen-bond acceptors (Lipinski definition) is 5. The number of anilines is 1. The second-order valence-electron chi connectivity index (χ2n) is 4.65. The highest BCUT2D eigenvalue weighted by molar-refractivity contribution is 6.11. The molecule has 0 spiro atoms. The summed E-state index contributed by atoms with van der Waals surface area (Å²) >= 11 is 0. The maximum Gasteiger partial charge on any atom is 0.196 e. The van der Waals surface area contributed by atoms with Crippen LogP contribution in [0.2, 0.25) is 0 Å². The van der Waals surface area contributed by atoms with E-state index in [1.807, 2.05) is 0 Å². The van der Waals surface area contributed by atoms with Gasteiger partial charge in [0.05, 0.1) is 12.7 Å². The summed E-state index contributed by atoms with van der Waals surface area (Å²) < 4.78 is 16.2. The molecule has 0 bridgehead atoms. The Hall–Kier alpha value is -2.69. The van der Waals surface area contributed by atoms with Gasteiger partial charge >= 0.3 is 0 Å². The fourth-order valence-corrected chi connectivity index (χ4v) is 2.24. The van der Waals surface area contributed by atoms with Gasteiger partial charge in [-0.3, -0.25) is 4.79 Å². The van der Waals surface area contributed by atoms with Crippen LogP contribution >= 0.6 is 0 Å². The van der Waals surface area contributed by atoms with E-state index in [2.05, 4.69) is 0 Å². The lowest BCUT2D eigenvalue weighted by Gasteiger charge is -2.18. The second kappa shape index (κ2) is 5.36. The molecule has 0 radical (unpaired) electrons. The standard InChI is InChI=1S/C16H15NO4/c1-19-14-9-11(17)3-4-12(14)16(18)10-2-5-13-15(8-10)21-7-6-20-13/h2-5,8-9H,6-7,17H2,1H3. The number of fused-ring (bicyclic) bond motifs is 1. The van der Waals surface area contributed by atoms with Crippen molar-refractivity contribution in [3.63, 3.8) is 0 Å². The van der Waals surface area contributed by atoms with Gasteiger partial charge < -0.3 is 19.9 Å². The van der Waals surface area contributed by atoms with Crippen LogP contribution in [-0.2, 0) is 0 Å². The highest BCUT2D eigenvalue weighted by Gasteiger charge is 2.18. The molecule has 0 saturated carbocycles. The summed E-state index contributed by atoms with van der Waals surface area (Å²) in [4.78, 5) is 12.6. The number of methoxy groups -OCH3 is 1. The van der Waals surface area contributed by atoms with Crippen molar-refractivity contribution in [1.29, 1.82) is 0 Å². The lowest BCUT2D eigenvalue weighted by Crippen LogP contribution is -2.16. The Balaban J connectivity index is 1.99. The highest BCUT2D eigenvalue weighted by atomic mass is 16.6. The van der Waals surface area contributed by atoms with E-state index >= 15 is 0 Å². The first kappa shape index (κ1) is 13.3. The minimum Gasteiger partial charge on any atom is -0.496 e. The average molecular weight is 285 g/mol. The number of benzene rings is 2. The van der Waals surface area contributed by atoms with Crippen LogP contribution in [0, 0.1) is 0 Å². The van der Waals surface area contributed by atoms with Gasteiger partial charge in [-0.15, -0.1) is 0 Å². The minimum atomic E-state index is -0.149. The molecule has 1 aliphatic rings. The highest BCUT2D eigenvalue weighted by Crippen LogP contribution is 2.32. The van der Waals surface area contributed by atoms with Crippen molar-refractivity contribution in [3.8, 4) is 17.2 Å². The van der Waals surface area contributed by atoms with Crippen LogP contribution in [0.1, 0.15) is 15.9 Å². The number of carbonyl (C=O) groups is 1. The van der Waals surface area contributed by atoms with Crippen LogP contribution in [0.5, 0.6) is 17.2 Å². The molecule has 0 aromatic heterocycles. The SMILES string of the molecule is COc1cc(N)ccc1C(=O)c1ccc2c(c1)OCCO2. The summed E-state index contributed by atoms with van der Waals surface area (Å²) in [5, 5.41) is 0. The molecule has 3 rings (SSSR count). The summed E-state index contributed by atoms with van der Waals surface area (Å²) in [5.41, 5.74) is 7.23. The maximum atomic E-state index is 12.6. The molecule has 0 atom stereocenters. The largest absolute Gasteiger partial charge is 0.496 e. The van der Waals surface area contributed by atoms with Crippen LogP contribution in [0.25, 0.3) is 0 Å². The fourth-order valence-electron chi connectivity index (χ4n) is 2.24. The van der Waals surface area contributed by atoms with Crippen LogP contribution in [-0.4, -0.2) is 26.1 Å². The van der Waals surface area contributed by atoms with E-state index in [0.29, 0.717) is 47.3 Å². The van der Waals surface area contributed by atoms with Gasteiger partial charge in [0.2, 0.25) is 0 Å². The fraction of sp³-hybridized carbons (Fsp3) is 0.188. The van der Waals surface area contributed by atoms with Crippen molar-refractivity contribution in [2.45, 2.75) is 0 Å². The molecule has 0 fully saturated rings. The van der Waals surface area contributed by atoms with Gasteiger partial charge in [-0.1, -0.05) is 0 Å². The molecule has 2 aromatic rings. The number of ether oxygens (including phenoxy) is 3. The number of rotatable bonds is 3. The van der Waals surface area contributed by atoms with Gasteiger partial charge in [-0.05, 0) is 30.3 Å². The summed E-state index contributed by atoms with van der Waals surface area (Å²) in [7, 11) is 1.51. The Morgan fingerprint density at radius 1 is 1.10 bits per heavy atom. The van der Waals surface area contributed by atoms with E-state index in [9.17, 15) is 4.79 Å². The molecule has 0 saturated heterocycles. The Kier molecular flexibility index (Phi) is 3.39. The van der Waals surface area contributed by atoms with Crippen molar-refractivity contribution in [3.05, 3.63) is 47.5 Å². The molecule has 1 aliphatic heterocycles. The molecule has 0 aliphatic carbocycles. The number of nitrogens with two attached hydrogens (primary N) is 1. The first-order valence-corrected chi connectivity index (χ1v) is 6.57. The quantitative estimate of drug-likeness (QED) is 0.692. The summed E-state index contributed by atoms with van der Waals surface area (Å²) in [5.74, 6) is 1.54. The molecular formula is C16H15NO4. The maximum absolute atomic E-state index is 12.6. The summed E-state index contributed by atoms with van der Waals surface area (Å²) in [6.45, 7) is 1.00. The zero-order chi connectivity index (χ0) is 14.8. The van der Waals surface area contributed by atoms with Crippen LogP contribution in [0.3, 0.4) is 0 Å². The molecular weight excluding hydrogens is 270 g/mol. The van der Waals surface area contributed by atoms with Crippen LogP contribution in [0.15, 0.2) is 36.4 Å². The molecule has 21 heavy (non-hydrogen) atoms. The van der Waals surface area contributed by atoms with Gasteiger partial charge in [0.25, 0.3) is 0 Å². The number of carbonyl (C=O) groups excluding carboxylic acids is 1. The molecule has 2 N–H and O–H groups in total. The van der Waals surface area contributed by atoms with E-state index in [-0.39, 0.29) is 5.78 Å². The Bertz CT molecular complexity index is 697. The zero-order valence-electron chi connectivity index (χ0n) is 11.6. The lowest BCUT2D eigenvalue weighted by molar-refractivity contribution is 0.103. The summed E-state index contributed by atoms with van der Waals surface area (Å²) in [6.07, 6.45) is 0. The third kappa shape index (κ3) is 2.50. The topological polar surface area (TPSA) is 70.8 Å². The average Bonchev–Trinajstić information content (AvgIpc) is 2.53. The molecule has 2 aromatic carbocycles. The van der Waals surface area contributed by atoms with Gasteiger partial charge in [0, 0.05) is 17.3 Å². The first-order chi connectivity index (χ1) is 10.2. The van der Waals surface area contributed by atoms with Gasteiger partial charge in [-0.25, -0.2) is 0 Å². The summed E-state index contributed by atoms with van der Waals surface area (Å²) in [6, 6.07) is 10.1. The molecule has 0 unspecified atom stereocenters. The molecule has 108 valence electrons. The van der Waals surface area contributed by atoms with Crippen molar-refractivity contribution < 1.29 is 19.0 Å². The van der Waals surface area contributed by atoms with Gasteiger partial charge in [0.15, 0.2) is 17.3 Å². The van der Waals surface area contributed by atoms with Crippen molar-refractivity contribution >= 4 is 11.5 Å². The Labute approximate surface area is 122 Å². The molecule has 0 amide bonds. The van der Waals surface area contributed by atoms with Crippen molar-refractivity contribution in [1.82, 2.24) is 0 Å². The van der Waals surface area contributed by atoms with Crippen molar-refractivity contribution in [2.24, 2.45) is 0 Å². The molecule has 1 heterocycles. The zero-order valence-corrected chi connectivity index (χ0v) is 11.6. The normalized spacial score (nSPS) is 12.8. The van der Waals surface area contributed by atoms with E-state index < -0.39 is 0 Å². The smallest absolute Gasteiger partial charge is 0.196 e. The molecule has 5 heteroatoms. The van der Waals surface area contributed by atoms with Gasteiger partial charge in [-0.2, -0.15) is 0 Å². The van der Waals surface area contributed by atoms with Crippen LogP contribution < -0.4 is 19.9 Å². The minimum absolute atomic E-state index is 0.149. The predicted molar refractivity (Wildman–Crippen MR) is 78.3 cm³/mol. The van der Waals surface area contributed by atoms with E-state index in [1.54, 1.807) is 36.4 Å². The van der Waals surface area contributed by atoms with E-state index in [4.69, 9.17) is 19.9 Å². The molecule has 5 nitrogen and oxygen atoms in total. The predicted octanol–water partition coefficient (Wildman–Crippen LogP) is 2.28. The first-order valence-electron chi connectivity index (χ1n) is 6.57. The van der Waals surface area contributed by atoms with Crippen LogP contribution in [0.4, 0.5) is 5.69 Å². The Morgan fingerprint density at radius 2 is 1.86 bits per heavy atom. The monoisotopic (exact) mass is 285 g/mol. The third-order valence-corrected chi connectivity index (χ3v) is 3.27. The second-order valence-corrected chi connectivity index (χ2v) is 4.65. The number of hydrogen-bond donors (Lipinski definition) is 1.